The molecule has 1 aliphatic heterocycles. The van der Waals surface area contributed by atoms with Crippen molar-refractivity contribution in [2.75, 3.05) is 11.9 Å². The van der Waals surface area contributed by atoms with Gasteiger partial charge in [-0.15, -0.1) is 0 Å². The molecule has 0 amide bonds. The summed E-state index contributed by atoms with van der Waals surface area (Å²) >= 11 is 0. The molecule has 1 heterocycles. The van der Waals surface area contributed by atoms with E-state index in [0.29, 0.717) is 17.2 Å². The summed E-state index contributed by atoms with van der Waals surface area (Å²) < 4.78 is 5.76. The van der Waals surface area contributed by atoms with E-state index in [9.17, 15) is 10.1 Å². The fourth-order valence-corrected chi connectivity index (χ4v) is 2.87. The largest absolute Gasteiger partial charge is 0.376 e. The highest BCUT2D eigenvalue weighted by atomic mass is 16.6. The number of anilines is 1. The molecule has 102 valence electrons. The third-order valence-electron chi connectivity index (χ3n) is 3.98. The van der Waals surface area contributed by atoms with Gasteiger partial charge in [-0.1, -0.05) is 12.1 Å². The maximum atomic E-state index is 11.2. The molecule has 1 N–H and O–H groups in total. The van der Waals surface area contributed by atoms with E-state index >= 15 is 0 Å². The Bertz CT molecular complexity index is 499. The molecule has 5 nitrogen and oxygen atoms in total. The third-order valence-corrected chi connectivity index (χ3v) is 3.98. The predicted octanol–water partition coefficient (Wildman–Crippen LogP) is 2.88. The van der Waals surface area contributed by atoms with E-state index < -0.39 is 0 Å². The second-order valence-corrected chi connectivity index (χ2v) is 5.44. The number of nitrogens with one attached hydrogen (secondary N) is 1. The van der Waals surface area contributed by atoms with Crippen molar-refractivity contribution in [3.05, 3.63) is 33.9 Å². The van der Waals surface area contributed by atoms with E-state index in [1.807, 2.05) is 6.07 Å². The van der Waals surface area contributed by atoms with Gasteiger partial charge in [-0.25, -0.2) is 0 Å². The summed E-state index contributed by atoms with van der Waals surface area (Å²) in [6.45, 7) is 2.52. The number of benzene rings is 1. The third kappa shape index (κ3) is 2.42. The minimum Gasteiger partial charge on any atom is -0.376 e. The number of hydrogen-bond donors (Lipinski definition) is 1. The Kier molecular flexibility index (Phi) is 3.14. The first-order valence-corrected chi connectivity index (χ1v) is 6.79. The molecule has 1 aromatic carbocycles. The molecule has 0 bridgehead atoms. The van der Waals surface area contributed by atoms with Crippen LogP contribution in [0, 0.1) is 23.0 Å². The average Bonchev–Trinajstić information content (AvgIpc) is 3.10. The van der Waals surface area contributed by atoms with Crippen molar-refractivity contribution in [2.24, 2.45) is 5.92 Å². The van der Waals surface area contributed by atoms with Crippen LogP contribution in [0.25, 0.3) is 0 Å². The van der Waals surface area contributed by atoms with Crippen molar-refractivity contribution in [1.82, 2.24) is 0 Å². The molecule has 5 heteroatoms. The van der Waals surface area contributed by atoms with Gasteiger partial charge in [-0.2, -0.15) is 0 Å². The molecule has 2 fully saturated rings. The lowest BCUT2D eigenvalue weighted by atomic mass is 10.0. The van der Waals surface area contributed by atoms with Crippen molar-refractivity contribution in [3.8, 4) is 0 Å². The topological polar surface area (TPSA) is 64.4 Å². The second-order valence-electron chi connectivity index (χ2n) is 5.44. The molecule has 0 spiro atoms. The molecule has 1 aromatic rings. The van der Waals surface area contributed by atoms with Crippen LogP contribution in [-0.2, 0) is 4.74 Å². The highest BCUT2D eigenvalue weighted by Gasteiger charge is 2.41. The van der Waals surface area contributed by atoms with Crippen LogP contribution in [0.4, 0.5) is 11.4 Å². The summed E-state index contributed by atoms with van der Waals surface area (Å²) in [5.41, 5.74) is 1.49. The number of ether oxygens (including phenoxy) is 1. The lowest BCUT2D eigenvalue weighted by molar-refractivity contribution is -0.384. The molecular weight excluding hydrogens is 244 g/mol. The van der Waals surface area contributed by atoms with Gasteiger partial charge in [-0.05, 0) is 38.2 Å². The maximum absolute atomic E-state index is 11.2. The number of aryl methyl sites for hydroxylation is 1. The second kappa shape index (κ2) is 4.81. The van der Waals surface area contributed by atoms with Gasteiger partial charge in [0.25, 0.3) is 5.69 Å². The van der Waals surface area contributed by atoms with Gasteiger partial charge in [0, 0.05) is 12.2 Å². The molecule has 1 saturated carbocycles. The first kappa shape index (κ1) is 12.4. The fraction of sp³-hybridized carbons (Fsp3) is 0.571. The van der Waals surface area contributed by atoms with Crippen molar-refractivity contribution in [2.45, 2.75) is 38.3 Å². The predicted molar refractivity (Wildman–Crippen MR) is 72.3 cm³/mol. The van der Waals surface area contributed by atoms with Gasteiger partial charge >= 0.3 is 0 Å². The quantitative estimate of drug-likeness (QED) is 0.669. The number of nitro benzene ring substituents is 1. The number of nitro groups is 1. The van der Waals surface area contributed by atoms with E-state index in [4.69, 9.17) is 4.74 Å². The minimum atomic E-state index is -0.306. The molecule has 2 aliphatic rings. The number of para-hydroxylation sites is 1. The average molecular weight is 262 g/mol. The molecule has 3 rings (SSSR count). The van der Waals surface area contributed by atoms with Crippen molar-refractivity contribution < 1.29 is 9.66 Å². The summed E-state index contributed by atoms with van der Waals surface area (Å²) in [4.78, 5) is 10.9. The minimum absolute atomic E-state index is 0.184. The van der Waals surface area contributed by atoms with Gasteiger partial charge in [-0.3, -0.25) is 10.1 Å². The van der Waals surface area contributed by atoms with Crippen LogP contribution < -0.4 is 5.32 Å². The smallest absolute Gasteiger partial charge is 0.295 e. The Balaban J connectivity index is 1.82. The molecule has 1 aliphatic carbocycles. The lowest BCUT2D eigenvalue weighted by Gasteiger charge is -2.20. The molecule has 19 heavy (non-hydrogen) atoms. The Morgan fingerprint density at radius 2 is 2.16 bits per heavy atom. The van der Waals surface area contributed by atoms with Gasteiger partial charge in [0.15, 0.2) is 0 Å². The Labute approximate surface area is 112 Å². The summed E-state index contributed by atoms with van der Waals surface area (Å²) in [5.74, 6) is 0.642. The van der Waals surface area contributed by atoms with Crippen molar-refractivity contribution in [1.29, 1.82) is 0 Å². The van der Waals surface area contributed by atoms with Gasteiger partial charge in [0.2, 0.25) is 0 Å². The molecule has 0 radical (unpaired) electrons. The Morgan fingerprint density at radius 3 is 2.84 bits per heavy atom. The van der Waals surface area contributed by atoms with Crippen LogP contribution in [0.1, 0.15) is 24.8 Å². The van der Waals surface area contributed by atoms with Gasteiger partial charge in [0.1, 0.15) is 5.69 Å². The standard InChI is InChI=1S/C14H18N2O3/c1-9-3-2-4-11(13(9)16(17)18)15-12-7-8-19-14(12)10-5-6-10/h2-4,10,12,14-15H,5-8H2,1H3. The summed E-state index contributed by atoms with van der Waals surface area (Å²) in [6, 6.07) is 5.61. The zero-order valence-corrected chi connectivity index (χ0v) is 11.0. The van der Waals surface area contributed by atoms with Crippen molar-refractivity contribution in [3.63, 3.8) is 0 Å². The number of nitrogens with zero attached hydrogens (tertiary/aromatic N) is 1. The van der Waals surface area contributed by atoms with Gasteiger partial charge < -0.3 is 10.1 Å². The summed E-state index contributed by atoms with van der Waals surface area (Å²) in [7, 11) is 0. The van der Waals surface area contributed by atoms with Crippen LogP contribution >= 0.6 is 0 Å². The lowest BCUT2D eigenvalue weighted by Crippen LogP contribution is -2.31. The van der Waals surface area contributed by atoms with Crippen molar-refractivity contribution >= 4 is 11.4 Å². The van der Waals surface area contributed by atoms with E-state index in [1.54, 1.807) is 19.1 Å². The first-order chi connectivity index (χ1) is 9.16. The summed E-state index contributed by atoms with van der Waals surface area (Å²) in [6.07, 6.45) is 3.59. The maximum Gasteiger partial charge on any atom is 0.295 e. The monoisotopic (exact) mass is 262 g/mol. The van der Waals surface area contributed by atoms with E-state index in [1.165, 1.54) is 12.8 Å². The zero-order chi connectivity index (χ0) is 13.4. The van der Waals surface area contributed by atoms with Crippen LogP contribution in [0.5, 0.6) is 0 Å². The van der Waals surface area contributed by atoms with Crippen LogP contribution in [0.2, 0.25) is 0 Å². The number of rotatable bonds is 4. The van der Waals surface area contributed by atoms with Crippen LogP contribution in [0.3, 0.4) is 0 Å². The van der Waals surface area contributed by atoms with E-state index in [2.05, 4.69) is 5.32 Å². The van der Waals surface area contributed by atoms with E-state index in [0.717, 1.165) is 13.0 Å². The highest BCUT2D eigenvalue weighted by Crippen LogP contribution is 2.40. The molecule has 2 atom stereocenters. The normalized spacial score (nSPS) is 26.4. The number of hydrogen-bond acceptors (Lipinski definition) is 4. The van der Waals surface area contributed by atoms with Gasteiger partial charge in [0.05, 0.1) is 17.1 Å². The first-order valence-electron chi connectivity index (χ1n) is 6.79. The molecule has 0 aromatic heterocycles. The summed E-state index contributed by atoms with van der Waals surface area (Å²) in [5, 5.41) is 14.5. The molecular formula is C14H18N2O3. The van der Waals surface area contributed by atoms with E-state index in [-0.39, 0.29) is 22.8 Å². The fourth-order valence-electron chi connectivity index (χ4n) is 2.87. The zero-order valence-electron chi connectivity index (χ0n) is 11.0. The molecule has 2 unspecified atom stereocenters. The Hall–Kier alpha value is -1.62. The highest BCUT2D eigenvalue weighted by molar-refractivity contribution is 5.65. The molecule has 1 saturated heterocycles. The van der Waals surface area contributed by atoms with Crippen LogP contribution in [-0.4, -0.2) is 23.7 Å². The van der Waals surface area contributed by atoms with Crippen LogP contribution in [0.15, 0.2) is 18.2 Å². The Morgan fingerprint density at radius 1 is 1.37 bits per heavy atom. The SMILES string of the molecule is Cc1cccc(NC2CCOC2C2CC2)c1[N+](=O)[O-].